The number of aromatic nitrogens is 2. The Bertz CT molecular complexity index is 859. The Labute approximate surface area is 155 Å². The Morgan fingerprint density at radius 1 is 1.38 bits per heavy atom. The van der Waals surface area contributed by atoms with Crippen molar-refractivity contribution >= 4 is 23.2 Å². The third-order valence-electron chi connectivity index (χ3n) is 4.35. The van der Waals surface area contributed by atoms with Crippen molar-refractivity contribution in [3.8, 4) is 0 Å². The molecule has 0 saturated heterocycles. The Balaban J connectivity index is 1.79. The standard InChI is InChI=1S/C18H20ClFN4O2/c1-22(2)13-8-17(25)24(21-9-13)11-18(26)23(12-6-7-12)10-14-15(19)4-3-5-16(14)20/h3-5,8-9,12H,6-7,10-11H2,1-2H3. The van der Waals surface area contributed by atoms with Crippen LogP contribution in [-0.4, -0.2) is 40.7 Å². The Hall–Kier alpha value is -2.41. The minimum absolute atomic E-state index is 0.0509. The molecule has 0 aliphatic heterocycles. The highest BCUT2D eigenvalue weighted by Gasteiger charge is 2.33. The van der Waals surface area contributed by atoms with Crippen LogP contribution in [0.25, 0.3) is 0 Å². The number of halogens is 2. The van der Waals surface area contributed by atoms with Crippen molar-refractivity contribution in [2.45, 2.75) is 32.0 Å². The zero-order chi connectivity index (χ0) is 18.8. The summed E-state index contributed by atoms with van der Waals surface area (Å²) in [6.07, 6.45) is 3.25. The molecule has 1 aliphatic carbocycles. The summed E-state index contributed by atoms with van der Waals surface area (Å²) in [6, 6.07) is 5.93. The highest BCUT2D eigenvalue weighted by atomic mass is 35.5. The second kappa shape index (κ2) is 7.45. The summed E-state index contributed by atoms with van der Waals surface area (Å²) >= 11 is 6.09. The first-order valence-electron chi connectivity index (χ1n) is 8.33. The van der Waals surface area contributed by atoms with Gasteiger partial charge in [0, 0.05) is 36.8 Å². The van der Waals surface area contributed by atoms with Gasteiger partial charge in [-0.05, 0) is 25.0 Å². The van der Waals surface area contributed by atoms with Crippen LogP contribution in [-0.2, 0) is 17.9 Å². The first-order chi connectivity index (χ1) is 12.4. The van der Waals surface area contributed by atoms with E-state index in [0.717, 1.165) is 17.5 Å². The van der Waals surface area contributed by atoms with Gasteiger partial charge in [0.15, 0.2) is 0 Å². The lowest BCUT2D eigenvalue weighted by Gasteiger charge is -2.23. The van der Waals surface area contributed by atoms with Crippen molar-refractivity contribution in [3.05, 3.63) is 57.2 Å². The molecule has 1 heterocycles. The van der Waals surface area contributed by atoms with Gasteiger partial charge >= 0.3 is 0 Å². The van der Waals surface area contributed by atoms with Crippen molar-refractivity contribution in [2.75, 3.05) is 19.0 Å². The molecule has 6 nitrogen and oxygen atoms in total. The normalized spacial score (nSPS) is 13.5. The van der Waals surface area contributed by atoms with Crippen molar-refractivity contribution in [3.63, 3.8) is 0 Å². The molecule has 1 aliphatic rings. The number of anilines is 1. The molecule has 8 heteroatoms. The summed E-state index contributed by atoms with van der Waals surface area (Å²) in [7, 11) is 3.61. The molecule has 26 heavy (non-hydrogen) atoms. The van der Waals surface area contributed by atoms with Gasteiger partial charge in [-0.3, -0.25) is 9.59 Å². The first kappa shape index (κ1) is 18.4. The molecule has 0 bridgehead atoms. The summed E-state index contributed by atoms with van der Waals surface area (Å²) in [5.41, 5.74) is 0.595. The van der Waals surface area contributed by atoms with E-state index in [9.17, 15) is 14.0 Å². The Morgan fingerprint density at radius 3 is 2.69 bits per heavy atom. The van der Waals surface area contributed by atoms with Gasteiger partial charge in [0.05, 0.1) is 18.4 Å². The molecule has 0 spiro atoms. The summed E-state index contributed by atoms with van der Waals surface area (Å²) in [5, 5.41) is 4.34. The summed E-state index contributed by atoms with van der Waals surface area (Å²) in [5.74, 6) is -0.722. The minimum atomic E-state index is -0.443. The number of benzene rings is 1. The maximum absolute atomic E-state index is 14.1. The number of hydrogen-bond acceptors (Lipinski definition) is 4. The number of hydrogen-bond donors (Lipinski definition) is 0. The number of rotatable bonds is 6. The van der Waals surface area contributed by atoms with E-state index in [1.165, 1.54) is 24.4 Å². The lowest BCUT2D eigenvalue weighted by atomic mass is 10.2. The second-order valence-electron chi connectivity index (χ2n) is 6.56. The topological polar surface area (TPSA) is 58.4 Å². The van der Waals surface area contributed by atoms with Crippen molar-refractivity contribution in [1.82, 2.24) is 14.7 Å². The van der Waals surface area contributed by atoms with Gasteiger partial charge in [-0.2, -0.15) is 5.10 Å². The predicted octanol–water partition coefficient (Wildman–Crippen LogP) is 2.29. The fourth-order valence-corrected chi connectivity index (χ4v) is 2.89. The van der Waals surface area contributed by atoms with Crippen LogP contribution in [0.3, 0.4) is 0 Å². The maximum Gasteiger partial charge on any atom is 0.269 e. The van der Waals surface area contributed by atoms with Gasteiger partial charge in [0.2, 0.25) is 5.91 Å². The molecule has 2 aromatic rings. The van der Waals surface area contributed by atoms with Crippen LogP contribution in [0.15, 0.2) is 35.3 Å². The summed E-state index contributed by atoms with van der Waals surface area (Å²) in [6.45, 7) is -0.103. The molecule has 0 atom stereocenters. The SMILES string of the molecule is CN(C)c1cnn(CC(=O)N(Cc2c(F)cccc2Cl)C2CC2)c(=O)c1. The number of amides is 1. The van der Waals surface area contributed by atoms with Gasteiger partial charge in [-0.1, -0.05) is 17.7 Å². The van der Waals surface area contributed by atoms with Gasteiger partial charge in [-0.15, -0.1) is 0 Å². The molecule has 1 aromatic heterocycles. The molecule has 1 amide bonds. The number of carbonyl (C=O) groups excluding carboxylic acids is 1. The van der Waals surface area contributed by atoms with Crippen molar-refractivity contribution in [2.24, 2.45) is 0 Å². The second-order valence-corrected chi connectivity index (χ2v) is 6.96. The number of carbonyl (C=O) groups is 1. The summed E-state index contributed by atoms with van der Waals surface area (Å²) in [4.78, 5) is 28.3. The van der Waals surface area contributed by atoms with E-state index >= 15 is 0 Å². The quantitative estimate of drug-likeness (QED) is 0.774. The average Bonchev–Trinajstić information content (AvgIpc) is 3.41. The largest absolute Gasteiger partial charge is 0.376 e. The predicted molar refractivity (Wildman–Crippen MR) is 97.8 cm³/mol. The van der Waals surface area contributed by atoms with E-state index in [2.05, 4.69) is 5.10 Å². The van der Waals surface area contributed by atoms with Crippen LogP contribution < -0.4 is 10.5 Å². The molecule has 1 saturated carbocycles. The fraction of sp³-hybridized carbons (Fsp3) is 0.389. The van der Waals surface area contributed by atoms with Gasteiger partial charge < -0.3 is 9.80 Å². The first-order valence-corrected chi connectivity index (χ1v) is 8.71. The van der Waals surface area contributed by atoms with Gasteiger partial charge in [0.1, 0.15) is 12.4 Å². The maximum atomic E-state index is 14.1. The van der Waals surface area contributed by atoms with E-state index in [0.29, 0.717) is 5.69 Å². The molecule has 1 aromatic carbocycles. The van der Waals surface area contributed by atoms with E-state index < -0.39 is 5.82 Å². The van der Waals surface area contributed by atoms with Crippen LogP contribution >= 0.6 is 11.6 Å². The van der Waals surface area contributed by atoms with E-state index in [1.807, 2.05) is 0 Å². The summed E-state index contributed by atoms with van der Waals surface area (Å²) < 4.78 is 15.2. The van der Waals surface area contributed by atoms with Gasteiger partial charge in [-0.25, -0.2) is 9.07 Å². The zero-order valence-electron chi connectivity index (χ0n) is 14.7. The van der Waals surface area contributed by atoms with Crippen LogP contribution in [0.5, 0.6) is 0 Å². The molecular formula is C18H20ClFN4O2. The van der Waals surface area contributed by atoms with E-state index in [1.54, 1.807) is 30.0 Å². The smallest absolute Gasteiger partial charge is 0.269 e. The fourth-order valence-electron chi connectivity index (χ4n) is 2.67. The van der Waals surface area contributed by atoms with Crippen LogP contribution in [0.4, 0.5) is 10.1 Å². The molecule has 1 fully saturated rings. The highest BCUT2D eigenvalue weighted by Crippen LogP contribution is 2.30. The van der Waals surface area contributed by atoms with E-state index in [-0.39, 0.29) is 41.2 Å². The zero-order valence-corrected chi connectivity index (χ0v) is 15.4. The lowest BCUT2D eigenvalue weighted by Crippen LogP contribution is -2.38. The van der Waals surface area contributed by atoms with Crippen molar-refractivity contribution < 1.29 is 9.18 Å². The van der Waals surface area contributed by atoms with Crippen LogP contribution in [0.2, 0.25) is 5.02 Å². The molecule has 0 unspecified atom stereocenters. The molecule has 3 rings (SSSR count). The van der Waals surface area contributed by atoms with Crippen LogP contribution in [0, 0.1) is 5.82 Å². The third-order valence-corrected chi connectivity index (χ3v) is 4.71. The van der Waals surface area contributed by atoms with Gasteiger partial charge in [0.25, 0.3) is 5.56 Å². The highest BCUT2D eigenvalue weighted by molar-refractivity contribution is 6.31. The molecule has 0 radical (unpaired) electrons. The van der Waals surface area contributed by atoms with E-state index in [4.69, 9.17) is 11.6 Å². The van der Waals surface area contributed by atoms with Crippen molar-refractivity contribution in [1.29, 1.82) is 0 Å². The monoisotopic (exact) mass is 378 g/mol. The lowest BCUT2D eigenvalue weighted by molar-refractivity contribution is -0.133. The third kappa shape index (κ3) is 4.04. The molecular weight excluding hydrogens is 359 g/mol. The molecule has 0 N–H and O–H groups in total. The minimum Gasteiger partial charge on any atom is -0.376 e. The molecule has 138 valence electrons. The Kier molecular flexibility index (Phi) is 5.27. The average molecular weight is 379 g/mol. The number of nitrogens with zero attached hydrogens (tertiary/aromatic N) is 4. The Morgan fingerprint density at radius 2 is 2.12 bits per heavy atom. The van der Waals surface area contributed by atoms with Crippen LogP contribution in [0.1, 0.15) is 18.4 Å².